The molecule has 0 aromatic heterocycles. The number of ether oxygens (including phenoxy) is 2. The van der Waals surface area contributed by atoms with Gasteiger partial charge in [0, 0.05) is 6.54 Å². The molecule has 0 bridgehead atoms. The highest BCUT2D eigenvalue weighted by molar-refractivity contribution is 5.96. The number of para-hydroxylation sites is 1. The summed E-state index contributed by atoms with van der Waals surface area (Å²) >= 11 is 0. The van der Waals surface area contributed by atoms with E-state index in [0.717, 1.165) is 5.56 Å². The van der Waals surface area contributed by atoms with Crippen molar-refractivity contribution in [1.82, 2.24) is 5.32 Å². The van der Waals surface area contributed by atoms with Crippen molar-refractivity contribution >= 4 is 11.9 Å². The van der Waals surface area contributed by atoms with Gasteiger partial charge in [0.2, 0.25) is 0 Å². The van der Waals surface area contributed by atoms with Crippen molar-refractivity contribution in [1.29, 1.82) is 0 Å². The van der Waals surface area contributed by atoms with Crippen molar-refractivity contribution in [2.24, 2.45) is 0 Å². The molecule has 0 atom stereocenters. The molecule has 0 spiro atoms. The number of benzene rings is 2. The fraction of sp³-hybridized carbons (Fsp3) is 0.300. The molecule has 0 saturated heterocycles. The van der Waals surface area contributed by atoms with E-state index in [1.165, 1.54) is 0 Å². The van der Waals surface area contributed by atoms with Crippen LogP contribution in [-0.4, -0.2) is 24.1 Å². The van der Waals surface area contributed by atoms with Crippen LogP contribution in [0.3, 0.4) is 0 Å². The van der Waals surface area contributed by atoms with Crippen molar-refractivity contribution in [3.8, 4) is 5.75 Å². The summed E-state index contributed by atoms with van der Waals surface area (Å²) in [6.07, 6.45) is 0. The third-order valence-electron chi connectivity index (χ3n) is 3.19. The summed E-state index contributed by atoms with van der Waals surface area (Å²) in [6, 6.07) is 16.4. The normalized spacial score (nSPS) is 10.8. The Balaban J connectivity index is 1.97. The first-order valence-electron chi connectivity index (χ1n) is 8.11. The first-order valence-corrected chi connectivity index (χ1v) is 8.11. The molecule has 2 rings (SSSR count). The summed E-state index contributed by atoms with van der Waals surface area (Å²) < 4.78 is 10.7. The van der Waals surface area contributed by atoms with Crippen LogP contribution in [0.2, 0.25) is 0 Å². The lowest BCUT2D eigenvalue weighted by molar-refractivity contribution is -0.157. The van der Waals surface area contributed by atoms with Gasteiger partial charge in [-0.1, -0.05) is 42.5 Å². The van der Waals surface area contributed by atoms with Crippen LogP contribution < -0.4 is 10.1 Å². The van der Waals surface area contributed by atoms with E-state index < -0.39 is 11.6 Å². The van der Waals surface area contributed by atoms with Crippen LogP contribution in [0.1, 0.15) is 36.7 Å². The standard InChI is InChI=1S/C20H23NO4/c1-20(2,3)25-18(22)14-24-17-12-8-7-11-16(17)19(23)21-13-15-9-5-4-6-10-15/h4-12H,13-14H2,1-3H3,(H,21,23). The molecule has 0 heterocycles. The lowest BCUT2D eigenvalue weighted by Crippen LogP contribution is -2.28. The molecule has 25 heavy (non-hydrogen) atoms. The molecule has 1 N–H and O–H groups in total. The van der Waals surface area contributed by atoms with Gasteiger partial charge < -0.3 is 14.8 Å². The zero-order chi connectivity index (χ0) is 18.3. The second-order valence-electron chi connectivity index (χ2n) is 6.54. The Kier molecular flexibility index (Phi) is 6.17. The third-order valence-corrected chi connectivity index (χ3v) is 3.19. The quantitative estimate of drug-likeness (QED) is 0.819. The van der Waals surface area contributed by atoms with Crippen LogP contribution in [0.4, 0.5) is 0 Å². The SMILES string of the molecule is CC(C)(C)OC(=O)COc1ccccc1C(=O)NCc1ccccc1. The van der Waals surface area contributed by atoms with Gasteiger partial charge in [0.25, 0.3) is 5.91 Å². The van der Waals surface area contributed by atoms with Crippen LogP contribution >= 0.6 is 0 Å². The number of carbonyl (C=O) groups is 2. The maximum Gasteiger partial charge on any atom is 0.344 e. The fourth-order valence-electron chi connectivity index (χ4n) is 2.16. The lowest BCUT2D eigenvalue weighted by atomic mass is 10.1. The minimum absolute atomic E-state index is 0.250. The van der Waals surface area contributed by atoms with Gasteiger partial charge in [0.15, 0.2) is 6.61 Å². The summed E-state index contributed by atoms with van der Waals surface area (Å²) in [7, 11) is 0. The van der Waals surface area contributed by atoms with Gasteiger partial charge in [0.1, 0.15) is 11.4 Å². The molecule has 2 aromatic rings. The summed E-state index contributed by atoms with van der Waals surface area (Å²) in [5.41, 5.74) is 0.803. The van der Waals surface area contributed by atoms with Gasteiger partial charge >= 0.3 is 5.97 Å². The molecule has 5 nitrogen and oxygen atoms in total. The predicted octanol–water partition coefficient (Wildman–Crippen LogP) is 3.34. The topological polar surface area (TPSA) is 64.6 Å². The largest absolute Gasteiger partial charge is 0.481 e. The van der Waals surface area contributed by atoms with Crippen LogP contribution in [0, 0.1) is 0 Å². The Labute approximate surface area is 148 Å². The summed E-state index contributed by atoms with van der Waals surface area (Å²) in [6.45, 7) is 5.53. The van der Waals surface area contributed by atoms with Crippen LogP contribution in [0.5, 0.6) is 5.75 Å². The van der Waals surface area contributed by atoms with Gasteiger partial charge in [-0.15, -0.1) is 0 Å². The zero-order valence-electron chi connectivity index (χ0n) is 14.7. The average Bonchev–Trinajstić information content (AvgIpc) is 2.57. The lowest BCUT2D eigenvalue weighted by Gasteiger charge is -2.19. The zero-order valence-corrected chi connectivity index (χ0v) is 14.7. The maximum atomic E-state index is 12.4. The molecule has 0 aliphatic rings. The predicted molar refractivity (Wildman–Crippen MR) is 95.4 cm³/mol. The Morgan fingerprint density at radius 3 is 2.28 bits per heavy atom. The van der Waals surface area contributed by atoms with Crippen molar-refractivity contribution in [3.05, 3.63) is 65.7 Å². The fourth-order valence-corrected chi connectivity index (χ4v) is 2.16. The highest BCUT2D eigenvalue weighted by Crippen LogP contribution is 2.18. The first kappa shape index (κ1) is 18.5. The minimum Gasteiger partial charge on any atom is -0.481 e. The molecule has 2 aromatic carbocycles. The summed E-state index contributed by atoms with van der Waals surface area (Å²) in [4.78, 5) is 24.2. The number of hydrogen-bond donors (Lipinski definition) is 1. The van der Waals surface area contributed by atoms with Gasteiger partial charge in [-0.25, -0.2) is 4.79 Å². The molecule has 0 radical (unpaired) electrons. The van der Waals surface area contributed by atoms with E-state index in [1.54, 1.807) is 45.0 Å². The number of amides is 1. The summed E-state index contributed by atoms with van der Waals surface area (Å²) in [5.74, 6) is -0.394. The maximum absolute atomic E-state index is 12.4. The van der Waals surface area contributed by atoms with E-state index >= 15 is 0 Å². The molecule has 0 aliphatic heterocycles. The molecular formula is C20H23NO4. The molecule has 132 valence electrons. The first-order chi connectivity index (χ1) is 11.8. The molecule has 0 aliphatic carbocycles. The van der Waals surface area contributed by atoms with Crippen molar-refractivity contribution in [3.63, 3.8) is 0 Å². The molecular weight excluding hydrogens is 318 g/mol. The van der Waals surface area contributed by atoms with Gasteiger partial charge in [-0.3, -0.25) is 4.79 Å². The molecule has 0 unspecified atom stereocenters. The monoisotopic (exact) mass is 341 g/mol. The highest BCUT2D eigenvalue weighted by atomic mass is 16.6. The van der Waals surface area contributed by atoms with Gasteiger partial charge in [-0.05, 0) is 38.5 Å². The Hall–Kier alpha value is -2.82. The number of carbonyl (C=O) groups excluding carboxylic acids is 2. The van der Waals surface area contributed by atoms with E-state index in [1.807, 2.05) is 30.3 Å². The Bertz CT molecular complexity index is 720. The van der Waals surface area contributed by atoms with Crippen LogP contribution in [0.15, 0.2) is 54.6 Å². The minimum atomic E-state index is -0.576. The Morgan fingerprint density at radius 1 is 0.960 bits per heavy atom. The van der Waals surface area contributed by atoms with Crippen molar-refractivity contribution in [2.75, 3.05) is 6.61 Å². The third kappa shape index (κ3) is 6.30. The molecule has 0 fully saturated rings. The van der Waals surface area contributed by atoms with E-state index in [4.69, 9.17) is 9.47 Å². The molecule has 1 amide bonds. The van der Waals surface area contributed by atoms with E-state index in [9.17, 15) is 9.59 Å². The Morgan fingerprint density at radius 2 is 1.60 bits per heavy atom. The summed E-state index contributed by atoms with van der Waals surface area (Å²) in [5, 5.41) is 2.85. The van der Waals surface area contributed by atoms with E-state index in [2.05, 4.69) is 5.32 Å². The van der Waals surface area contributed by atoms with Crippen LogP contribution in [-0.2, 0) is 16.1 Å². The van der Waals surface area contributed by atoms with E-state index in [-0.39, 0.29) is 12.5 Å². The van der Waals surface area contributed by atoms with Gasteiger partial charge in [-0.2, -0.15) is 0 Å². The molecule has 5 heteroatoms. The molecule has 0 saturated carbocycles. The average molecular weight is 341 g/mol. The highest BCUT2D eigenvalue weighted by Gasteiger charge is 2.18. The number of nitrogens with one attached hydrogen (secondary N) is 1. The van der Waals surface area contributed by atoms with E-state index in [0.29, 0.717) is 17.9 Å². The van der Waals surface area contributed by atoms with Crippen molar-refractivity contribution < 1.29 is 19.1 Å². The van der Waals surface area contributed by atoms with Gasteiger partial charge in [0.05, 0.1) is 5.56 Å². The number of rotatable bonds is 6. The number of esters is 1. The van der Waals surface area contributed by atoms with Crippen molar-refractivity contribution in [2.45, 2.75) is 32.9 Å². The van der Waals surface area contributed by atoms with Crippen LogP contribution in [0.25, 0.3) is 0 Å². The smallest absolute Gasteiger partial charge is 0.344 e. The second-order valence-corrected chi connectivity index (χ2v) is 6.54. The second kappa shape index (κ2) is 8.33. The number of hydrogen-bond acceptors (Lipinski definition) is 4.